The van der Waals surface area contributed by atoms with Crippen molar-refractivity contribution in [3.05, 3.63) is 34.0 Å². The first kappa shape index (κ1) is 22.3. The molecule has 0 unspecified atom stereocenters. The highest BCUT2D eigenvalue weighted by Crippen LogP contribution is 2.52. The molecular weight excluding hydrogens is 464 g/mol. The first-order valence-corrected chi connectivity index (χ1v) is 11.4. The number of carbonyl (C=O) groups excluding carboxylic acids is 1. The summed E-state index contributed by atoms with van der Waals surface area (Å²) in [5.74, 6) is 0.511. The Hall–Kier alpha value is -1.90. The molecule has 1 aromatic rings. The van der Waals surface area contributed by atoms with E-state index in [9.17, 15) is 9.90 Å². The van der Waals surface area contributed by atoms with Crippen LogP contribution in [-0.2, 0) is 19.9 Å². The molecule has 0 bridgehead atoms. The molecule has 0 aliphatic carbocycles. The highest BCUT2D eigenvalue weighted by Gasteiger charge is 2.54. The number of aliphatic imine (C=N–C) groups is 1. The molecule has 8 heteroatoms. The fourth-order valence-electron chi connectivity index (χ4n) is 5.49. The molecule has 3 aliphatic heterocycles. The van der Waals surface area contributed by atoms with E-state index in [1.807, 2.05) is 12.1 Å². The van der Waals surface area contributed by atoms with Gasteiger partial charge in [-0.1, -0.05) is 29.3 Å². The molecule has 4 atom stereocenters. The molecule has 31 heavy (non-hydrogen) atoms. The second-order valence-electron chi connectivity index (χ2n) is 8.43. The van der Waals surface area contributed by atoms with Gasteiger partial charge < -0.3 is 19.3 Å². The van der Waals surface area contributed by atoms with Crippen LogP contribution in [0, 0.1) is 11.8 Å². The number of aliphatic hydroxyl groups is 1. The smallest absolute Gasteiger partial charge is 0.337 e. The molecule has 1 N–H and O–H groups in total. The van der Waals surface area contributed by atoms with Gasteiger partial charge in [-0.25, -0.2) is 4.79 Å². The zero-order valence-corrected chi connectivity index (χ0v) is 19.9. The number of hydrogen-bond acceptors (Lipinski definition) is 7. The highest BCUT2D eigenvalue weighted by atomic mass is 79.9. The second-order valence-corrected chi connectivity index (χ2v) is 9.35. The van der Waals surface area contributed by atoms with Crippen molar-refractivity contribution >= 4 is 33.3 Å². The molecule has 0 radical (unpaired) electrons. The summed E-state index contributed by atoms with van der Waals surface area (Å²) >= 11 is 3.52. The Morgan fingerprint density at radius 2 is 2.16 bits per heavy atom. The fraction of sp³-hybridized carbons (Fsp3) is 0.565. The summed E-state index contributed by atoms with van der Waals surface area (Å²) in [7, 11) is 4.54. The van der Waals surface area contributed by atoms with Crippen LogP contribution in [-0.4, -0.2) is 62.1 Å². The topological polar surface area (TPSA) is 80.6 Å². The summed E-state index contributed by atoms with van der Waals surface area (Å²) in [4.78, 5) is 19.8. The number of methoxy groups -OCH3 is 3. The number of ether oxygens (including phenoxy) is 3. The Labute approximate surface area is 191 Å². The third kappa shape index (κ3) is 3.58. The van der Waals surface area contributed by atoms with Gasteiger partial charge in [0.15, 0.2) is 0 Å². The van der Waals surface area contributed by atoms with Crippen LogP contribution in [0.1, 0.15) is 31.7 Å². The Morgan fingerprint density at radius 3 is 2.81 bits per heavy atom. The van der Waals surface area contributed by atoms with Crippen molar-refractivity contribution in [2.75, 3.05) is 34.4 Å². The molecule has 2 fully saturated rings. The molecule has 0 saturated carbocycles. The van der Waals surface area contributed by atoms with Gasteiger partial charge in [-0.3, -0.25) is 9.89 Å². The number of nitrogens with zero attached hydrogens (tertiary/aromatic N) is 2. The van der Waals surface area contributed by atoms with Crippen LogP contribution in [0.2, 0.25) is 0 Å². The van der Waals surface area contributed by atoms with Gasteiger partial charge in [-0.05, 0) is 36.8 Å². The van der Waals surface area contributed by atoms with Crippen molar-refractivity contribution in [3.8, 4) is 5.75 Å². The largest absolute Gasteiger partial charge is 0.504 e. The SMILES string of the molecule is CC[C@@H]1CN2CC[C@@]3(O)C(=Nc4cc(Br)cc(OC)c43)[C@@H]2C[C@@H]1/C(=C\OC)C(=O)OC. The molecule has 0 spiro atoms. The quantitative estimate of drug-likeness (QED) is 0.384. The molecule has 7 nitrogen and oxygen atoms in total. The molecule has 0 amide bonds. The van der Waals surface area contributed by atoms with E-state index in [-0.39, 0.29) is 23.8 Å². The van der Waals surface area contributed by atoms with Crippen LogP contribution < -0.4 is 4.74 Å². The van der Waals surface area contributed by atoms with E-state index < -0.39 is 5.60 Å². The van der Waals surface area contributed by atoms with Gasteiger partial charge in [-0.2, -0.15) is 0 Å². The number of rotatable bonds is 5. The van der Waals surface area contributed by atoms with Gasteiger partial charge >= 0.3 is 5.97 Å². The summed E-state index contributed by atoms with van der Waals surface area (Å²) < 4.78 is 16.7. The van der Waals surface area contributed by atoms with Crippen LogP contribution in [0.4, 0.5) is 5.69 Å². The summed E-state index contributed by atoms with van der Waals surface area (Å²) in [5, 5.41) is 11.8. The monoisotopic (exact) mass is 492 g/mol. The van der Waals surface area contributed by atoms with E-state index >= 15 is 0 Å². The number of carbonyl (C=O) groups is 1. The highest BCUT2D eigenvalue weighted by molar-refractivity contribution is 9.10. The van der Waals surface area contributed by atoms with E-state index in [0.29, 0.717) is 24.2 Å². The molecule has 3 aliphatic rings. The van der Waals surface area contributed by atoms with E-state index in [1.54, 1.807) is 14.2 Å². The van der Waals surface area contributed by atoms with Crippen molar-refractivity contribution in [3.63, 3.8) is 0 Å². The average molecular weight is 493 g/mol. The predicted molar refractivity (Wildman–Crippen MR) is 121 cm³/mol. The molecular formula is C23H29BrN2O5. The zero-order chi connectivity index (χ0) is 22.3. The Kier molecular flexibility index (Phi) is 6.16. The van der Waals surface area contributed by atoms with E-state index in [2.05, 4.69) is 27.8 Å². The van der Waals surface area contributed by atoms with Crippen LogP contribution in [0.15, 0.2) is 33.4 Å². The Balaban J connectivity index is 1.74. The zero-order valence-electron chi connectivity index (χ0n) is 18.4. The number of esters is 1. The predicted octanol–water partition coefficient (Wildman–Crippen LogP) is 3.56. The lowest BCUT2D eigenvalue weighted by molar-refractivity contribution is -0.137. The number of piperidine rings is 2. The summed E-state index contributed by atoms with van der Waals surface area (Å²) in [6.07, 6.45) is 3.67. The second kappa shape index (κ2) is 8.56. The Morgan fingerprint density at radius 1 is 1.39 bits per heavy atom. The number of benzene rings is 1. The maximum atomic E-state index is 12.5. The van der Waals surface area contributed by atoms with Gasteiger partial charge in [-0.15, -0.1) is 0 Å². The lowest BCUT2D eigenvalue weighted by Gasteiger charge is -2.50. The van der Waals surface area contributed by atoms with Crippen molar-refractivity contribution in [1.29, 1.82) is 0 Å². The van der Waals surface area contributed by atoms with Gasteiger partial charge in [0.05, 0.1) is 56.2 Å². The minimum absolute atomic E-state index is 0.0407. The molecule has 168 valence electrons. The minimum Gasteiger partial charge on any atom is -0.504 e. The standard InChI is InChI=1S/C23H29BrN2O5/c1-5-13-11-26-7-6-23(28)20-17(8-14(24)9-19(20)30-3)25-21(23)18(26)10-15(13)16(12-29-2)22(27)31-4/h8-9,12-13,15,18,28H,5-7,10-11H2,1-4H3/b16-12+/t13-,15+,18+,23+/m1/s1. The van der Waals surface area contributed by atoms with E-state index in [0.717, 1.165) is 40.9 Å². The van der Waals surface area contributed by atoms with E-state index in [4.69, 9.17) is 19.2 Å². The molecule has 2 saturated heterocycles. The van der Waals surface area contributed by atoms with Gasteiger partial charge in [0.2, 0.25) is 0 Å². The number of fused-ring (bicyclic) bond motifs is 5. The summed E-state index contributed by atoms with van der Waals surface area (Å²) in [5.41, 5.74) is 1.60. The van der Waals surface area contributed by atoms with Gasteiger partial charge in [0.25, 0.3) is 0 Å². The normalized spacial score (nSPS) is 30.1. The average Bonchev–Trinajstić information content (AvgIpc) is 3.08. The first-order valence-electron chi connectivity index (χ1n) is 10.6. The molecule has 0 aromatic heterocycles. The molecule has 3 heterocycles. The number of hydrogen-bond donors (Lipinski definition) is 1. The molecule has 1 aromatic carbocycles. The van der Waals surface area contributed by atoms with Gasteiger partial charge in [0.1, 0.15) is 11.4 Å². The fourth-order valence-corrected chi connectivity index (χ4v) is 5.91. The van der Waals surface area contributed by atoms with Crippen molar-refractivity contribution in [2.45, 2.75) is 37.8 Å². The van der Waals surface area contributed by atoms with Crippen molar-refractivity contribution in [1.82, 2.24) is 4.90 Å². The van der Waals surface area contributed by atoms with E-state index in [1.165, 1.54) is 13.4 Å². The minimum atomic E-state index is -1.16. The van der Waals surface area contributed by atoms with Crippen LogP contribution in [0.25, 0.3) is 0 Å². The Bertz CT molecular complexity index is 946. The van der Waals surface area contributed by atoms with Crippen molar-refractivity contribution < 1.29 is 24.1 Å². The lowest BCUT2D eigenvalue weighted by Crippen LogP contribution is -2.60. The van der Waals surface area contributed by atoms with Crippen LogP contribution >= 0.6 is 15.9 Å². The van der Waals surface area contributed by atoms with Gasteiger partial charge in [0, 0.05) is 17.6 Å². The summed E-state index contributed by atoms with van der Waals surface area (Å²) in [6.45, 7) is 3.73. The lowest BCUT2D eigenvalue weighted by atomic mass is 9.70. The maximum Gasteiger partial charge on any atom is 0.337 e. The molecule has 4 rings (SSSR count). The number of halogens is 1. The van der Waals surface area contributed by atoms with Crippen molar-refractivity contribution in [2.24, 2.45) is 16.8 Å². The van der Waals surface area contributed by atoms with Crippen LogP contribution in [0.5, 0.6) is 5.75 Å². The van der Waals surface area contributed by atoms with Crippen LogP contribution in [0.3, 0.4) is 0 Å². The first-order chi connectivity index (χ1) is 14.9. The maximum absolute atomic E-state index is 12.5. The third-order valence-electron chi connectivity index (χ3n) is 6.97. The third-order valence-corrected chi connectivity index (χ3v) is 7.42. The summed E-state index contributed by atoms with van der Waals surface area (Å²) in [6, 6.07) is 3.72.